The predicted molar refractivity (Wildman–Crippen MR) is 87.0 cm³/mol. The van der Waals surface area contributed by atoms with E-state index in [2.05, 4.69) is 19.1 Å². The van der Waals surface area contributed by atoms with Gasteiger partial charge in [-0.1, -0.05) is 30.3 Å². The molecule has 130 valence electrons. The molecule has 5 heteroatoms. The summed E-state index contributed by atoms with van der Waals surface area (Å²) in [7, 11) is 1.59. The Kier molecular flexibility index (Phi) is 6.56. The van der Waals surface area contributed by atoms with Crippen LogP contribution in [0.1, 0.15) is 32.8 Å². The van der Waals surface area contributed by atoms with Crippen molar-refractivity contribution in [2.75, 3.05) is 27.3 Å². The number of ether oxygens (including phenoxy) is 5. The van der Waals surface area contributed by atoms with Crippen LogP contribution in [-0.4, -0.2) is 44.6 Å². The van der Waals surface area contributed by atoms with Crippen LogP contribution < -0.4 is 0 Å². The third-order valence-corrected chi connectivity index (χ3v) is 3.97. The second-order valence-electron chi connectivity index (χ2n) is 6.72. The van der Waals surface area contributed by atoms with E-state index in [0.29, 0.717) is 13.2 Å². The minimum atomic E-state index is -0.374. The summed E-state index contributed by atoms with van der Waals surface area (Å²) in [6.07, 6.45) is 0.732. The lowest BCUT2D eigenvalue weighted by Crippen LogP contribution is -2.36. The molecule has 0 spiro atoms. The van der Waals surface area contributed by atoms with Gasteiger partial charge in [0.05, 0.1) is 30.5 Å². The van der Waals surface area contributed by atoms with Crippen molar-refractivity contribution in [1.29, 1.82) is 0 Å². The molecule has 0 aromatic heterocycles. The van der Waals surface area contributed by atoms with Gasteiger partial charge in [-0.3, -0.25) is 0 Å². The van der Waals surface area contributed by atoms with Crippen molar-refractivity contribution in [3.8, 4) is 0 Å². The van der Waals surface area contributed by atoms with Gasteiger partial charge in [0, 0.05) is 13.5 Å². The minimum absolute atomic E-state index is 0.0373. The number of rotatable bonds is 9. The van der Waals surface area contributed by atoms with E-state index in [1.165, 1.54) is 0 Å². The van der Waals surface area contributed by atoms with Crippen molar-refractivity contribution < 1.29 is 23.7 Å². The molecule has 0 radical (unpaired) electrons. The summed E-state index contributed by atoms with van der Waals surface area (Å²) in [4.78, 5) is 0. The van der Waals surface area contributed by atoms with Gasteiger partial charge in [-0.25, -0.2) is 0 Å². The largest absolute Gasteiger partial charge is 0.374 e. The smallest absolute Gasteiger partial charge is 0.150 e. The van der Waals surface area contributed by atoms with Gasteiger partial charge in [-0.05, 0) is 26.3 Å². The van der Waals surface area contributed by atoms with E-state index in [0.717, 1.165) is 12.0 Å². The monoisotopic (exact) mass is 324 g/mol. The number of methoxy groups -OCH3 is 1. The van der Waals surface area contributed by atoms with Gasteiger partial charge in [-0.2, -0.15) is 0 Å². The first kappa shape index (κ1) is 18.4. The highest BCUT2D eigenvalue weighted by atomic mass is 16.7. The lowest BCUT2D eigenvalue weighted by atomic mass is 9.96. The predicted octanol–water partition coefficient (Wildman–Crippen LogP) is 3.12. The highest BCUT2D eigenvalue weighted by Crippen LogP contribution is 2.39. The Balaban J connectivity index is 1.79. The molecular formula is C18H28O5. The van der Waals surface area contributed by atoms with Crippen LogP contribution in [0.3, 0.4) is 0 Å². The number of benzene rings is 1. The molecule has 1 aliphatic heterocycles. The maximum absolute atomic E-state index is 6.21. The zero-order chi connectivity index (χ0) is 16.8. The fraction of sp³-hybridized carbons (Fsp3) is 0.667. The first-order valence-corrected chi connectivity index (χ1v) is 7.95. The van der Waals surface area contributed by atoms with Crippen LogP contribution in [0.4, 0.5) is 0 Å². The molecular weight excluding hydrogens is 296 g/mol. The van der Waals surface area contributed by atoms with Crippen LogP contribution in [0.5, 0.6) is 0 Å². The molecule has 2 unspecified atom stereocenters. The van der Waals surface area contributed by atoms with Crippen molar-refractivity contribution in [3.05, 3.63) is 35.9 Å². The van der Waals surface area contributed by atoms with E-state index in [1.54, 1.807) is 7.11 Å². The highest BCUT2D eigenvalue weighted by Gasteiger charge is 2.49. The molecule has 5 nitrogen and oxygen atoms in total. The van der Waals surface area contributed by atoms with E-state index in [-0.39, 0.29) is 30.9 Å². The van der Waals surface area contributed by atoms with Gasteiger partial charge in [0.15, 0.2) is 0 Å². The summed E-state index contributed by atoms with van der Waals surface area (Å²) in [5.74, 6) is 0. The zero-order valence-corrected chi connectivity index (χ0v) is 14.5. The van der Waals surface area contributed by atoms with E-state index in [1.807, 2.05) is 32.0 Å². The van der Waals surface area contributed by atoms with Crippen LogP contribution in [0.2, 0.25) is 0 Å². The van der Waals surface area contributed by atoms with Crippen molar-refractivity contribution >= 4 is 0 Å². The van der Waals surface area contributed by atoms with Gasteiger partial charge < -0.3 is 23.7 Å². The molecule has 1 aliphatic rings. The van der Waals surface area contributed by atoms with E-state index in [4.69, 9.17) is 23.7 Å². The van der Waals surface area contributed by atoms with Crippen molar-refractivity contribution in [2.24, 2.45) is 0 Å². The summed E-state index contributed by atoms with van der Waals surface area (Å²) >= 11 is 0. The van der Waals surface area contributed by atoms with Crippen molar-refractivity contribution in [2.45, 2.75) is 51.1 Å². The molecule has 0 N–H and O–H groups in total. The highest BCUT2D eigenvalue weighted by molar-refractivity contribution is 5.13. The summed E-state index contributed by atoms with van der Waals surface area (Å²) in [5, 5.41) is 0. The van der Waals surface area contributed by atoms with Gasteiger partial charge in [-0.15, -0.1) is 0 Å². The van der Waals surface area contributed by atoms with Crippen LogP contribution in [0.15, 0.2) is 30.3 Å². The number of hydrogen-bond donors (Lipinski definition) is 0. The Hall–Kier alpha value is -0.980. The summed E-state index contributed by atoms with van der Waals surface area (Å²) in [6.45, 7) is 7.69. The Bertz CT molecular complexity index is 462. The van der Waals surface area contributed by atoms with Crippen molar-refractivity contribution in [1.82, 2.24) is 0 Å². The van der Waals surface area contributed by atoms with Crippen molar-refractivity contribution in [3.63, 3.8) is 0 Å². The van der Waals surface area contributed by atoms with Crippen LogP contribution in [0, 0.1) is 0 Å². The summed E-state index contributed by atoms with van der Waals surface area (Å²) < 4.78 is 27.9. The molecule has 1 saturated heterocycles. The Labute approximate surface area is 138 Å². The molecule has 1 aromatic carbocycles. The van der Waals surface area contributed by atoms with Crippen LogP contribution >= 0.6 is 0 Å². The minimum Gasteiger partial charge on any atom is -0.374 e. The average Bonchev–Trinajstić information content (AvgIpc) is 2.74. The molecule has 1 fully saturated rings. The SMILES string of the molecule is COCOCOC1CC(C)(COCc2ccccc2)OC1(C)C. The van der Waals surface area contributed by atoms with Gasteiger partial charge in [0.2, 0.25) is 0 Å². The maximum atomic E-state index is 6.21. The topological polar surface area (TPSA) is 46.2 Å². The molecule has 0 amide bonds. The molecule has 0 bridgehead atoms. The van der Waals surface area contributed by atoms with Gasteiger partial charge in [0.25, 0.3) is 0 Å². The first-order chi connectivity index (χ1) is 11.0. The van der Waals surface area contributed by atoms with Gasteiger partial charge in [0.1, 0.15) is 13.6 Å². The summed E-state index contributed by atoms with van der Waals surface area (Å²) in [6, 6.07) is 10.1. The van der Waals surface area contributed by atoms with E-state index >= 15 is 0 Å². The second kappa shape index (κ2) is 8.22. The summed E-state index contributed by atoms with van der Waals surface area (Å²) in [5.41, 5.74) is 0.431. The molecule has 23 heavy (non-hydrogen) atoms. The quantitative estimate of drug-likeness (QED) is 0.516. The lowest BCUT2D eigenvalue weighted by molar-refractivity contribution is -0.172. The normalized spacial score (nSPS) is 26.5. The molecule has 2 atom stereocenters. The molecule has 0 aliphatic carbocycles. The average molecular weight is 324 g/mol. The second-order valence-corrected chi connectivity index (χ2v) is 6.72. The third-order valence-electron chi connectivity index (χ3n) is 3.97. The van der Waals surface area contributed by atoms with Gasteiger partial charge >= 0.3 is 0 Å². The lowest BCUT2D eigenvalue weighted by Gasteiger charge is -2.28. The number of hydrogen-bond acceptors (Lipinski definition) is 5. The Morgan fingerprint density at radius 3 is 2.52 bits per heavy atom. The third kappa shape index (κ3) is 5.55. The van der Waals surface area contributed by atoms with Crippen LogP contribution in [0.25, 0.3) is 0 Å². The fourth-order valence-electron chi connectivity index (χ4n) is 2.94. The standard InChI is InChI=1S/C18H28O5/c1-17(2)16(22-14-21-13-19-4)10-18(3,23-17)12-20-11-15-8-6-5-7-9-15/h5-9,16H,10-14H2,1-4H3. The zero-order valence-electron chi connectivity index (χ0n) is 14.5. The van der Waals surface area contributed by atoms with E-state index < -0.39 is 0 Å². The molecule has 0 saturated carbocycles. The van der Waals surface area contributed by atoms with E-state index in [9.17, 15) is 0 Å². The Morgan fingerprint density at radius 2 is 1.83 bits per heavy atom. The molecule has 1 aromatic rings. The first-order valence-electron chi connectivity index (χ1n) is 7.95. The fourth-order valence-corrected chi connectivity index (χ4v) is 2.94. The Morgan fingerprint density at radius 1 is 1.09 bits per heavy atom. The van der Waals surface area contributed by atoms with Crippen LogP contribution in [-0.2, 0) is 30.3 Å². The maximum Gasteiger partial charge on any atom is 0.150 e. The molecule has 1 heterocycles. The molecule has 2 rings (SSSR count).